The first-order chi connectivity index (χ1) is 25.8. The molecule has 0 bridgehead atoms. The fraction of sp³-hybridized carbons (Fsp3) is 0.758. The van der Waals surface area contributed by atoms with Gasteiger partial charge in [-0.1, -0.05) is 0 Å². The third kappa shape index (κ3) is 11.3. The van der Waals surface area contributed by atoms with E-state index in [1.807, 2.05) is 0 Å². The summed E-state index contributed by atoms with van der Waals surface area (Å²) in [7, 11) is -4.39. The van der Waals surface area contributed by atoms with Gasteiger partial charge in [0.2, 0.25) is 11.4 Å². The Morgan fingerprint density at radius 1 is 1.02 bits per heavy atom. The SMILES string of the molecule is CC(=O)N[C@H]1[C@H](OCCOCCOP(=O)(N(C(C)C)C(C)C)[C@]2(n3ccc(N)nc3=O)C[C@H](O)[C@@H](CO)O2)O[C@H](COC(C)=O)[C@H](OC(C)=O)[C@@H]1OC(C)=O. The maximum atomic E-state index is 15.4. The molecule has 2 saturated heterocycles. The van der Waals surface area contributed by atoms with E-state index in [1.54, 1.807) is 32.4 Å². The van der Waals surface area contributed by atoms with Crippen molar-refractivity contribution in [1.29, 1.82) is 0 Å². The Morgan fingerprint density at radius 3 is 2.16 bits per heavy atom. The summed E-state index contributed by atoms with van der Waals surface area (Å²) in [6.07, 6.45) is -6.77. The summed E-state index contributed by atoms with van der Waals surface area (Å²) in [6.45, 7) is 9.87. The molecule has 2 fully saturated rings. The molecule has 1 amide bonds. The Balaban J connectivity index is 1.82. The highest BCUT2D eigenvalue weighted by Gasteiger charge is 2.64. The van der Waals surface area contributed by atoms with E-state index in [0.29, 0.717) is 0 Å². The van der Waals surface area contributed by atoms with Crippen LogP contribution in [-0.2, 0) is 66.9 Å². The Bertz CT molecular complexity index is 1590. The van der Waals surface area contributed by atoms with Crippen LogP contribution >= 0.6 is 7.52 Å². The fourth-order valence-electron chi connectivity index (χ4n) is 6.62. The minimum atomic E-state index is -4.39. The smallest absolute Gasteiger partial charge is 0.352 e. The van der Waals surface area contributed by atoms with Crippen LogP contribution in [0.1, 0.15) is 61.8 Å². The molecular formula is C33H54N5O16P. The zero-order chi connectivity index (χ0) is 41.2. The van der Waals surface area contributed by atoms with Crippen LogP contribution in [0.3, 0.4) is 0 Å². The molecule has 0 spiro atoms. The normalized spacial score (nSPS) is 27.8. The van der Waals surface area contributed by atoms with Gasteiger partial charge in [0.15, 0.2) is 18.5 Å². The number of hydrogen-bond donors (Lipinski definition) is 4. The minimum Gasteiger partial charge on any atom is -0.463 e. The summed E-state index contributed by atoms with van der Waals surface area (Å²) in [4.78, 5) is 64.9. The molecular weight excluding hydrogens is 753 g/mol. The van der Waals surface area contributed by atoms with E-state index < -0.39 is 117 Å². The molecule has 3 heterocycles. The fourth-order valence-corrected chi connectivity index (χ4v) is 9.96. The van der Waals surface area contributed by atoms with Crippen LogP contribution in [0.4, 0.5) is 5.82 Å². The van der Waals surface area contributed by atoms with Gasteiger partial charge in [0.1, 0.15) is 30.7 Å². The molecule has 3 rings (SSSR count). The summed E-state index contributed by atoms with van der Waals surface area (Å²) in [5, 5.41) is 23.5. The molecule has 2 aliphatic heterocycles. The summed E-state index contributed by atoms with van der Waals surface area (Å²) < 4.78 is 63.8. The first-order valence-electron chi connectivity index (χ1n) is 17.7. The van der Waals surface area contributed by atoms with Crippen LogP contribution in [0.5, 0.6) is 0 Å². The van der Waals surface area contributed by atoms with E-state index in [0.717, 1.165) is 25.3 Å². The average Bonchev–Trinajstić information content (AvgIpc) is 3.42. The van der Waals surface area contributed by atoms with Crippen molar-refractivity contribution in [2.24, 2.45) is 0 Å². The topological polar surface area (TPSA) is 276 Å². The lowest BCUT2D eigenvalue weighted by atomic mass is 9.96. The number of esters is 3. The van der Waals surface area contributed by atoms with Crippen LogP contribution in [0.2, 0.25) is 0 Å². The van der Waals surface area contributed by atoms with E-state index in [2.05, 4.69) is 10.3 Å². The molecule has 5 N–H and O–H groups in total. The lowest BCUT2D eigenvalue weighted by Crippen LogP contribution is -2.66. The lowest BCUT2D eigenvalue weighted by Gasteiger charge is -2.46. The van der Waals surface area contributed by atoms with Crippen LogP contribution in [0.25, 0.3) is 0 Å². The third-order valence-electron chi connectivity index (χ3n) is 8.50. The number of carbonyl (C=O) groups excluding carboxylic acids is 4. The van der Waals surface area contributed by atoms with E-state index in [-0.39, 0.29) is 32.2 Å². The molecule has 21 nitrogen and oxygen atoms in total. The van der Waals surface area contributed by atoms with E-state index >= 15 is 4.57 Å². The number of nitrogens with one attached hydrogen (secondary N) is 1. The largest absolute Gasteiger partial charge is 0.463 e. The molecule has 312 valence electrons. The number of carbonyl (C=O) groups is 4. The van der Waals surface area contributed by atoms with E-state index in [9.17, 15) is 34.2 Å². The highest BCUT2D eigenvalue weighted by Crippen LogP contribution is 2.69. The number of rotatable bonds is 19. The number of ether oxygens (including phenoxy) is 7. The summed E-state index contributed by atoms with van der Waals surface area (Å²) in [5.74, 6) is -2.82. The second kappa shape index (κ2) is 20.1. The van der Waals surface area contributed by atoms with Gasteiger partial charge in [-0.3, -0.25) is 28.3 Å². The van der Waals surface area contributed by atoms with Gasteiger partial charge in [0, 0.05) is 52.4 Å². The zero-order valence-electron chi connectivity index (χ0n) is 32.3. The molecule has 0 aliphatic carbocycles. The number of aliphatic hydroxyl groups excluding tert-OH is 2. The predicted octanol–water partition coefficient (Wildman–Crippen LogP) is -0.404. The zero-order valence-corrected chi connectivity index (χ0v) is 33.2. The van der Waals surface area contributed by atoms with Crippen molar-refractivity contribution in [3.63, 3.8) is 0 Å². The van der Waals surface area contributed by atoms with Crippen molar-refractivity contribution in [2.75, 3.05) is 45.4 Å². The maximum absolute atomic E-state index is 15.4. The van der Waals surface area contributed by atoms with Gasteiger partial charge < -0.3 is 58.9 Å². The van der Waals surface area contributed by atoms with Gasteiger partial charge in [-0.05, 0) is 33.8 Å². The number of anilines is 1. The molecule has 22 heteroatoms. The Morgan fingerprint density at radius 2 is 1.64 bits per heavy atom. The Hall–Kier alpha value is -3.53. The van der Waals surface area contributed by atoms with Crippen molar-refractivity contribution in [2.45, 2.75) is 122 Å². The van der Waals surface area contributed by atoms with Gasteiger partial charge in [0.25, 0.3) is 0 Å². The Kier molecular flexibility index (Phi) is 16.7. The van der Waals surface area contributed by atoms with Crippen molar-refractivity contribution in [1.82, 2.24) is 19.5 Å². The van der Waals surface area contributed by atoms with Crippen LogP contribution < -0.4 is 16.7 Å². The second-order valence-corrected chi connectivity index (χ2v) is 15.9. The average molecular weight is 808 g/mol. The van der Waals surface area contributed by atoms with Gasteiger partial charge in [-0.2, -0.15) is 4.98 Å². The molecule has 2 aliphatic rings. The first kappa shape index (κ1) is 45.9. The molecule has 0 saturated carbocycles. The van der Waals surface area contributed by atoms with Crippen LogP contribution in [-0.4, -0.2) is 143 Å². The summed E-state index contributed by atoms with van der Waals surface area (Å²) in [5.41, 5.74) is 2.69. The first-order valence-corrected chi connectivity index (χ1v) is 19.3. The van der Waals surface area contributed by atoms with Crippen molar-refractivity contribution in [3.05, 3.63) is 22.7 Å². The van der Waals surface area contributed by atoms with Crippen molar-refractivity contribution >= 4 is 37.2 Å². The quantitative estimate of drug-likeness (QED) is 0.0599. The van der Waals surface area contributed by atoms with Gasteiger partial charge in [-0.25, -0.2) is 9.46 Å². The Labute approximate surface area is 318 Å². The molecule has 0 aromatic carbocycles. The van der Waals surface area contributed by atoms with E-state index in [4.69, 9.17) is 43.4 Å². The highest BCUT2D eigenvalue weighted by atomic mass is 31.2. The number of nitrogens with two attached hydrogens (primary N) is 1. The van der Waals surface area contributed by atoms with Gasteiger partial charge in [0.05, 0.1) is 39.1 Å². The van der Waals surface area contributed by atoms with E-state index in [1.165, 1.54) is 19.2 Å². The number of amides is 1. The third-order valence-corrected chi connectivity index (χ3v) is 12.0. The standard InChI is InChI=1S/C33H54N5O16P/c1-18(2)38(19(3)4)55(46,33(15-24(44)25(16-39)54-33)37-10-9-27(34)36-32(37)45)50-14-12-47-11-13-48-31-28(35-20(5)40)30(52-23(8)43)29(51-22(7)42)26(53-31)17-49-21(6)41/h9-10,18-19,24-26,28-31,39,44H,11-17H2,1-8H3,(H,35,40)(H2,34,36,45)/t24-,25+,26+,28+,29-,30+,31+,33-,55?/m0/s1. The number of nitrogen functional groups attached to an aromatic ring is 1. The van der Waals surface area contributed by atoms with Gasteiger partial charge in [-0.15, -0.1) is 0 Å². The molecule has 1 unspecified atom stereocenters. The summed E-state index contributed by atoms with van der Waals surface area (Å²) in [6, 6.07) is -0.741. The highest BCUT2D eigenvalue weighted by molar-refractivity contribution is 7.57. The molecule has 1 aromatic heterocycles. The lowest BCUT2D eigenvalue weighted by molar-refractivity contribution is -0.279. The molecule has 0 radical (unpaired) electrons. The van der Waals surface area contributed by atoms with Gasteiger partial charge >= 0.3 is 31.1 Å². The molecule has 55 heavy (non-hydrogen) atoms. The second-order valence-electron chi connectivity index (χ2n) is 13.5. The predicted molar refractivity (Wildman–Crippen MR) is 190 cm³/mol. The number of aromatic nitrogens is 2. The monoisotopic (exact) mass is 807 g/mol. The number of hydrogen-bond acceptors (Lipinski definition) is 18. The van der Waals surface area contributed by atoms with Crippen molar-refractivity contribution in [3.8, 4) is 0 Å². The number of aliphatic hydroxyl groups is 2. The number of nitrogens with zero attached hydrogens (tertiary/aromatic N) is 3. The minimum absolute atomic E-state index is 0.0994. The molecule has 1 aromatic rings. The molecule has 9 atom stereocenters. The summed E-state index contributed by atoms with van der Waals surface area (Å²) >= 11 is 0. The van der Waals surface area contributed by atoms with Crippen LogP contribution in [0, 0.1) is 0 Å². The van der Waals surface area contributed by atoms with Crippen molar-refractivity contribution < 1.29 is 71.6 Å². The van der Waals surface area contributed by atoms with Crippen LogP contribution in [0.15, 0.2) is 17.1 Å². The maximum Gasteiger partial charge on any atom is 0.352 e.